The van der Waals surface area contributed by atoms with Crippen molar-refractivity contribution in [2.45, 2.75) is 63.8 Å². The molecule has 4 aliphatic rings. The van der Waals surface area contributed by atoms with E-state index in [4.69, 9.17) is 20.9 Å². The largest absolute Gasteiger partial charge is 0.508 e. The number of phenols is 1. The van der Waals surface area contributed by atoms with E-state index in [0.29, 0.717) is 30.8 Å². The number of alkyl halides is 3. The van der Waals surface area contributed by atoms with Crippen LogP contribution in [0.5, 0.6) is 17.6 Å². The summed E-state index contributed by atoms with van der Waals surface area (Å²) in [4.78, 5) is 18.0. The number of aromatic hydroxyl groups is 1. The molecule has 2 aromatic carbocycles. The number of terminal acetylenes is 1. The molecule has 1 aliphatic carbocycles. The summed E-state index contributed by atoms with van der Waals surface area (Å²) in [5, 5.41) is 15.1. The molecule has 51 heavy (non-hydrogen) atoms. The Labute approximate surface area is 291 Å². The number of anilines is 1. The fraction of sp³-hybridized carbons (Fsp3) is 0.486. The molecule has 3 fully saturated rings. The first-order valence-electron chi connectivity index (χ1n) is 17.3. The van der Waals surface area contributed by atoms with Gasteiger partial charge in [-0.25, -0.2) is 13.8 Å². The highest BCUT2D eigenvalue weighted by molar-refractivity contribution is 6.04. The van der Waals surface area contributed by atoms with E-state index in [1.54, 1.807) is 0 Å². The zero-order valence-electron chi connectivity index (χ0n) is 28.2. The van der Waals surface area contributed by atoms with Crippen LogP contribution in [0, 0.1) is 35.3 Å². The molecule has 0 amide bonds. The number of hydrogen-bond acceptors (Lipinski definition) is 9. The summed E-state index contributed by atoms with van der Waals surface area (Å²) in [6, 6.07) is 5.10. The van der Waals surface area contributed by atoms with Crippen molar-refractivity contribution in [2.24, 2.45) is 11.3 Å². The predicted molar refractivity (Wildman–Crippen MR) is 181 cm³/mol. The summed E-state index contributed by atoms with van der Waals surface area (Å²) >= 11 is 0. The monoisotopic (exact) mass is 708 g/mol. The lowest BCUT2D eigenvalue weighted by Gasteiger charge is -2.44. The average Bonchev–Trinajstić information content (AvgIpc) is 3.73. The number of nitrogens with one attached hydrogen (secondary N) is 1. The minimum atomic E-state index is -4.22. The maximum atomic E-state index is 17.1. The lowest BCUT2D eigenvalue weighted by atomic mass is 9.95. The molecule has 4 atom stereocenters. The SMILES string of the molecule is C#Cc1c(F)ccc2cc(O)cc(-c3nc4c5c(nc(OCC6(CN7CCC(C(F)(F)F)C7)CC6)nc5c3F)N3C[C@@H](C)N[C@@H](CC)[C@H]3CO4)c12. The number of fused-ring (bicyclic) bond motifs is 3. The van der Waals surface area contributed by atoms with Crippen LogP contribution in [-0.2, 0) is 0 Å². The second-order valence-electron chi connectivity index (χ2n) is 14.5. The highest BCUT2D eigenvalue weighted by atomic mass is 19.4. The van der Waals surface area contributed by atoms with Crippen LogP contribution in [0.3, 0.4) is 0 Å². The first-order valence-corrected chi connectivity index (χ1v) is 17.3. The molecular weight excluding hydrogens is 671 g/mol. The molecule has 2 saturated heterocycles. The molecule has 14 heteroatoms. The number of aromatic nitrogens is 3. The van der Waals surface area contributed by atoms with Gasteiger partial charge in [0.15, 0.2) is 5.82 Å². The number of benzene rings is 2. The van der Waals surface area contributed by atoms with Crippen molar-refractivity contribution >= 4 is 27.5 Å². The van der Waals surface area contributed by atoms with Gasteiger partial charge in [0.1, 0.15) is 40.6 Å². The first kappa shape index (κ1) is 33.7. The van der Waals surface area contributed by atoms with E-state index in [2.05, 4.69) is 40.0 Å². The van der Waals surface area contributed by atoms with Crippen LogP contribution in [0.25, 0.3) is 32.9 Å². The van der Waals surface area contributed by atoms with Crippen LogP contribution < -0.4 is 19.7 Å². The number of likely N-dealkylation sites (tertiary alicyclic amines) is 1. The van der Waals surface area contributed by atoms with Crippen molar-refractivity contribution < 1.29 is 36.5 Å². The molecule has 8 rings (SSSR count). The highest BCUT2D eigenvalue weighted by Gasteiger charge is 2.49. The lowest BCUT2D eigenvalue weighted by Crippen LogP contribution is -2.63. The van der Waals surface area contributed by atoms with E-state index in [0.717, 1.165) is 19.3 Å². The molecule has 0 radical (unpaired) electrons. The van der Waals surface area contributed by atoms with E-state index in [9.17, 15) is 22.7 Å². The van der Waals surface area contributed by atoms with Crippen LogP contribution in [0.2, 0.25) is 0 Å². The van der Waals surface area contributed by atoms with E-state index < -0.39 is 23.7 Å². The number of pyridine rings is 1. The second-order valence-corrected chi connectivity index (χ2v) is 14.5. The molecule has 268 valence electrons. The molecule has 9 nitrogen and oxygen atoms in total. The summed E-state index contributed by atoms with van der Waals surface area (Å²) in [6.45, 7) is 5.76. The predicted octanol–water partition coefficient (Wildman–Crippen LogP) is 6.19. The van der Waals surface area contributed by atoms with Gasteiger partial charge in [0.2, 0.25) is 5.88 Å². The molecule has 5 heterocycles. The van der Waals surface area contributed by atoms with Gasteiger partial charge in [-0.05, 0) is 62.7 Å². The molecular formula is C37H37F5N6O3. The molecule has 2 aromatic heterocycles. The van der Waals surface area contributed by atoms with Gasteiger partial charge in [0.25, 0.3) is 0 Å². The summed E-state index contributed by atoms with van der Waals surface area (Å²) in [5.41, 5.74) is -0.800. The van der Waals surface area contributed by atoms with Crippen molar-refractivity contribution in [3.8, 4) is 41.2 Å². The van der Waals surface area contributed by atoms with Gasteiger partial charge in [0.05, 0.1) is 24.1 Å². The Morgan fingerprint density at radius 2 is 1.94 bits per heavy atom. The third kappa shape index (κ3) is 5.94. The third-order valence-corrected chi connectivity index (χ3v) is 10.9. The maximum absolute atomic E-state index is 17.1. The Morgan fingerprint density at radius 3 is 2.65 bits per heavy atom. The minimum Gasteiger partial charge on any atom is -0.508 e. The third-order valence-electron chi connectivity index (χ3n) is 10.9. The Morgan fingerprint density at radius 1 is 1.14 bits per heavy atom. The average molecular weight is 709 g/mol. The van der Waals surface area contributed by atoms with Gasteiger partial charge in [-0.15, -0.1) is 6.42 Å². The molecule has 2 N–H and O–H groups in total. The van der Waals surface area contributed by atoms with E-state index >= 15 is 4.39 Å². The number of rotatable bonds is 7. The summed E-state index contributed by atoms with van der Waals surface area (Å²) in [6.07, 6.45) is 3.89. The number of nitrogens with zero attached hydrogens (tertiary/aromatic N) is 5. The van der Waals surface area contributed by atoms with Crippen molar-refractivity contribution in [1.29, 1.82) is 0 Å². The van der Waals surface area contributed by atoms with Gasteiger partial charge >= 0.3 is 12.2 Å². The summed E-state index contributed by atoms with van der Waals surface area (Å²) in [7, 11) is 0. The number of hydrogen-bond donors (Lipinski definition) is 2. The quantitative estimate of drug-likeness (QED) is 0.172. The van der Waals surface area contributed by atoms with Crippen LogP contribution in [0.1, 0.15) is 45.1 Å². The topological polar surface area (TPSA) is 95.9 Å². The summed E-state index contributed by atoms with van der Waals surface area (Å²) < 4.78 is 84.8. The summed E-state index contributed by atoms with van der Waals surface area (Å²) in [5.74, 6) is -0.271. The second kappa shape index (κ2) is 12.3. The van der Waals surface area contributed by atoms with Crippen molar-refractivity contribution in [3.05, 3.63) is 41.5 Å². The number of piperazine rings is 1. The maximum Gasteiger partial charge on any atom is 0.393 e. The molecule has 1 unspecified atom stereocenters. The van der Waals surface area contributed by atoms with Gasteiger partial charge in [0, 0.05) is 48.1 Å². The standard InChI is InChI=1S/C37H37F5N6O3/c1-4-23-25(38)7-6-20-12-22(49)13-24(28(20)23)31-30(39)32-29-33(48-14-19(3)43-26(5-2)27(48)16-50-34(29)44-31)46-35(45-32)51-18-36(9-10-36)17-47-11-8-21(15-47)37(40,41)42/h1,6-7,12-13,19,21,26-27,43,49H,5,8-11,14-18H2,2-3H3/t19-,21?,26+,27-/m1/s1. The van der Waals surface area contributed by atoms with Crippen LogP contribution in [0.15, 0.2) is 24.3 Å². The van der Waals surface area contributed by atoms with E-state index in [1.807, 2.05) is 4.90 Å². The van der Waals surface area contributed by atoms with Gasteiger partial charge < -0.3 is 29.7 Å². The Hall–Kier alpha value is -4.48. The zero-order chi connectivity index (χ0) is 35.8. The molecule has 4 aromatic rings. The number of halogens is 5. The molecule has 1 saturated carbocycles. The van der Waals surface area contributed by atoms with Gasteiger partial charge in [-0.3, -0.25) is 0 Å². The van der Waals surface area contributed by atoms with E-state index in [1.165, 1.54) is 24.3 Å². The van der Waals surface area contributed by atoms with Crippen LogP contribution >= 0.6 is 0 Å². The van der Waals surface area contributed by atoms with E-state index in [-0.39, 0.29) is 100 Å². The van der Waals surface area contributed by atoms with Gasteiger partial charge in [-0.1, -0.05) is 18.9 Å². The molecule has 0 bridgehead atoms. The van der Waals surface area contributed by atoms with Crippen LogP contribution in [-0.4, -0.2) is 88.7 Å². The van der Waals surface area contributed by atoms with Crippen molar-refractivity contribution in [3.63, 3.8) is 0 Å². The number of ether oxygens (including phenoxy) is 2. The lowest BCUT2D eigenvalue weighted by molar-refractivity contribution is -0.170. The van der Waals surface area contributed by atoms with Gasteiger partial charge in [-0.2, -0.15) is 23.1 Å². The Bertz CT molecular complexity index is 2080. The first-order chi connectivity index (χ1) is 24.4. The molecule has 3 aliphatic heterocycles. The Balaban J connectivity index is 1.24. The normalized spacial score (nSPS) is 24.2. The Kier molecular flexibility index (Phi) is 8.14. The fourth-order valence-corrected chi connectivity index (χ4v) is 8.05. The highest BCUT2D eigenvalue weighted by Crippen LogP contribution is 2.49. The smallest absolute Gasteiger partial charge is 0.393 e. The minimum absolute atomic E-state index is 0.00802. The molecule has 0 spiro atoms. The zero-order valence-corrected chi connectivity index (χ0v) is 28.2. The number of phenolic OH excluding ortho intramolecular Hbond substituents is 1. The van der Waals surface area contributed by atoms with Crippen molar-refractivity contribution in [2.75, 3.05) is 44.3 Å². The van der Waals surface area contributed by atoms with Crippen LogP contribution in [0.4, 0.5) is 27.8 Å². The van der Waals surface area contributed by atoms with Crippen molar-refractivity contribution in [1.82, 2.24) is 25.2 Å². The fourth-order valence-electron chi connectivity index (χ4n) is 8.05.